The Morgan fingerprint density at radius 3 is 2.45 bits per heavy atom. The summed E-state index contributed by atoms with van der Waals surface area (Å²) < 4.78 is 24.3. The maximum absolute atomic E-state index is 11.6. The SMILES string of the molecule is CS(=O)(=O)N(CC#N)c1ccc(-c2ccncn2)cc1. The van der Waals surface area contributed by atoms with Gasteiger partial charge in [0, 0.05) is 11.8 Å². The van der Waals surface area contributed by atoms with E-state index in [0.717, 1.165) is 21.8 Å². The van der Waals surface area contributed by atoms with Gasteiger partial charge in [0.25, 0.3) is 0 Å². The highest BCUT2D eigenvalue weighted by atomic mass is 32.2. The van der Waals surface area contributed by atoms with Crippen LogP contribution in [0, 0.1) is 11.3 Å². The first-order valence-electron chi connectivity index (χ1n) is 5.73. The molecule has 6 nitrogen and oxygen atoms in total. The zero-order valence-electron chi connectivity index (χ0n) is 10.8. The molecule has 102 valence electrons. The van der Waals surface area contributed by atoms with Crippen molar-refractivity contribution >= 4 is 15.7 Å². The van der Waals surface area contributed by atoms with Gasteiger partial charge in [-0.25, -0.2) is 18.4 Å². The molecule has 0 saturated carbocycles. The number of hydrogen-bond acceptors (Lipinski definition) is 5. The molecule has 0 saturated heterocycles. The molecule has 0 radical (unpaired) electrons. The van der Waals surface area contributed by atoms with Crippen LogP contribution in [0.15, 0.2) is 42.9 Å². The van der Waals surface area contributed by atoms with Crippen LogP contribution < -0.4 is 4.31 Å². The molecule has 2 aromatic rings. The Labute approximate surface area is 117 Å². The normalized spacial score (nSPS) is 10.8. The van der Waals surface area contributed by atoms with Gasteiger partial charge in [0.05, 0.1) is 23.7 Å². The largest absolute Gasteiger partial charge is 0.256 e. The van der Waals surface area contributed by atoms with E-state index in [0.29, 0.717) is 5.69 Å². The summed E-state index contributed by atoms with van der Waals surface area (Å²) in [6.45, 7) is -0.217. The fourth-order valence-electron chi connectivity index (χ4n) is 1.72. The topological polar surface area (TPSA) is 87.0 Å². The number of nitrogens with zero attached hydrogens (tertiary/aromatic N) is 4. The number of sulfonamides is 1. The lowest BCUT2D eigenvalue weighted by molar-refractivity contribution is 0.599. The average Bonchev–Trinajstić information content (AvgIpc) is 2.45. The van der Waals surface area contributed by atoms with E-state index in [4.69, 9.17) is 5.26 Å². The minimum atomic E-state index is -3.47. The van der Waals surface area contributed by atoms with Gasteiger partial charge in [-0.2, -0.15) is 5.26 Å². The maximum Gasteiger partial charge on any atom is 0.233 e. The van der Waals surface area contributed by atoms with Gasteiger partial charge in [-0.3, -0.25) is 4.31 Å². The highest BCUT2D eigenvalue weighted by molar-refractivity contribution is 7.92. The molecule has 1 aromatic heterocycles. The zero-order chi connectivity index (χ0) is 14.6. The van der Waals surface area contributed by atoms with E-state index in [-0.39, 0.29) is 6.54 Å². The van der Waals surface area contributed by atoms with Gasteiger partial charge in [0.2, 0.25) is 10.0 Å². The van der Waals surface area contributed by atoms with E-state index >= 15 is 0 Å². The molecule has 0 unspecified atom stereocenters. The first-order chi connectivity index (χ1) is 9.52. The summed E-state index contributed by atoms with van der Waals surface area (Å²) in [7, 11) is -3.47. The van der Waals surface area contributed by atoms with Crippen LogP contribution in [0.2, 0.25) is 0 Å². The van der Waals surface area contributed by atoms with Crippen LogP contribution in [0.4, 0.5) is 5.69 Å². The van der Waals surface area contributed by atoms with Crippen molar-refractivity contribution in [3.63, 3.8) is 0 Å². The van der Waals surface area contributed by atoms with E-state index in [1.165, 1.54) is 6.33 Å². The summed E-state index contributed by atoms with van der Waals surface area (Å²) in [5.41, 5.74) is 2.05. The Morgan fingerprint density at radius 1 is 1.25 bits per heavy atom. The van der Waals surface area contributed by atoms with E-state index in [1.54, 1.807) is 36.5 Å². The molecule has 20 heavy (non-hydrogen) atoms. The molecule has 0 N–H and O–H groups in total. The van der Waals surface area contributed by atoms with E-state index in [1.807, 2.05) is 6.07 Å². The van der Waals surface area contributed by atoms with E-state index < -0.39 is 10.0 Å². The highest BCUT2D eigenvalue weighted by Crippen LogP contribution is 2.22. The van der Waals surface area contributed by atoms with Crippen LogP contribution in [-0.2, 0) is 10.0 Å². The molecule has 0 atom stereocenters. The number of nitriles is 1. The van der Waals surface area contributed by atoms with Gasteiger partial charge < -0.3 is 0 Å². The predicted octanol–water partition coefficient (Wildman–Crippen LogP) is 1.43. The predicted molar refractivity (Wildman–Crippen MR) is 75.3 cm³/mol. The van der Waals surface area contributed by atoms with Crippen molar-refractivity contribution in [1.82, 2.24) is 9.97 Å². The Balaban J connectivity index is 2.35. The molecule has 0 amide bonds. The lowest BCUT2D eigenvalue weighted by Crippen LogP contribution is -2.30. The Morgan fingerprint density at radius 2 is 1.95 bits per heavy atom. The minimum absolute atomic E-state index is 0.217. The van der Waals surface area contributed by atoms with Gasteiger partial charge in [0.15, 0.2) is 0 Å². The van der Waals surface area contributed by atoms with Crippen molar-refractivity contribution in [2.45, 2.75) is 0 Å². The standard InChI is InChI=1S/C13H12N4O2S/c1-20(18,19)17(9-7-14)12-4-2-11(3-5-12)13-6-8-15-10-16-13/h2-6,8,10H,9H2,1H3. The van der Waals surface area contributed by atoms with E-state index in [2.05, 4.69) is 9.97 Å². The molecule has 0 aliphatic heterocycles. The molecule has 1 aromatic carbocycles. The molecule has 1 heterocycles. The summed E-state index contributed by atoms with van der Waals surface area (Å²) in [4.78, 5) is 7.95. The van der Waals surface area contributed by atoms with Crippen molar-refractivity contribution in [3.05, 3.63) is 42.9 Å². The van der Waals surface area contributed by atoms with Crippen LogP contribution in [0.3, 0.4) is 0 Å². The van der Waals surface area contributed by atoms with Crippen molar-refractivity contribution < 1.29 is 8.42 Å². The van der Waals surface area contributed by atoms with Crippen LogP contribution >= 0.6 is 0 Å². The third kappa shape index (κ3) is 3.10. The van der Waals surface area contributed by atoms with Crippen molar-refractivity contribution in [2.75, 3.05) is 17.1 Å². The minimum Gasteiger partial charge on any atom is -0.256 e. The summed E-state index contributed by atoms with van der Waals surface area (Å²) in [5.74, 6) is 0. The van der Waals surface area contributed by atoms with Gasteiger partial charge >= 0.3 is 0 Å². The summed E-state index contributed by atoms with van der Waals surface area (Å²) >= 11 is 0. The molecule has 0 bridgehead atoms. The summed E-state index contributed by atoms with van der Waals surface area (Å²) in [6.07, 6.45) is 4.15. The summed E-state index contributed by atoms with van der Waals surface area (Å²) in [6, 6.07) is 10.4. The maximum atomic E-state index is 11.6. The lowest BCUT2D eigenvalue weighted by atomic mass is 10.1. The van der Waals surface area contributed by atoms with Crippen LogP contribution in [0.5, 0.6) is 0 Å². The van der Waals surface area contributed by atoms with Gasteiger partial charge in [-0.15, -0.1) is 0 Å². The number of aromatic nitrogens is 2. The van der Waals surface area contributed by atoms with Gasteiger partial charge in [0.1, 0.15) is 12.9 Å². The van der Waals surface area contributed by atoms with Crippen LogP contribution in [0.25, 0.3) is 11.3 Å². The van der Waals surface area contributed by atoms with Gasteiger partial charge in [-0.1, -0.05) is 12.1 Å². The van der Waals surface area contributed by atoms with Gasteiger partial charge in [-0.05, 0) is 18.2 Å². The average molecular weight is 288 g/mol. The van der Waals surface area contributed by atoms with Crippen molar-refractivity contribution in [2.24, 2.45) is 0 Å². The number of anilines is 1. The van der Waals surface area contributed by atoms with Crippen molar-refractivity contribution in [3.8, 4) is 17.3 Å². The third-order valence-electron chi connectivity index (χ3n) is 2.65. The number of hydrogen-bond donors (Lipinski definition) is 0. The molecule has 2 rings (SSSR count). The number of rotatable bonds is 4. The Bertz CT molecular complexity index is 721. The second-order valence-corrected chi connectivity index (χ2v) is 5.98. The molecular weight excluding hydrogens is 276 g/mol. The smallest absolute Gasteiger partial charge is 0.233 e. The Hall–Kier alpha value is -2.46. The quantitative estimate of drug-likeness (QED) is 0.794. The molecule has 7 heteroatoms. The third-order valence-corrected chi connectivity index (χ3v) is 3.79. The molecule has 0 aliphatic rings. The van der Waals surface area contributed by atoms with E-state index in [9.17, 15) is 8.42 Å². The Kier molecular flexibility index (Phi) is 3.96. The first kappa shape index (κ1) is 14.0. The molecular formula is C13H12N4O2S. The fourth-order valence-corrected chi connectivity index (χ4v) is 2.52. The molecule has 0 fully saturated rings. The number of benzene rings is 1. The van der Waals surface area contributed by atoms with Crippen LogP contribution in [-0.4, -0.2) is 31.2 Å². The van der Waals surface area contributed by atoms with Crippen LogP contribution in [0.1, 0.15) is 0 Å². The monoisotopic (exact) mass is 288 g/mol. The lowest BCUT2D eigenvalue weighted by Gasteiger charge is -2.19. The second-order valence-electron chi connectivity index (χ2n) is 4.07. The highest BCUT2D eigenvalue weighted by Gasteiger charge is 2.16. The summed E-state index contributed by atoms with van der Waals surface area (Å²) in [5, 5.41) is 8.72. The fraction of sp³-hybridized carbons (Fsp3) is 0.154. The second kappa shape index (κ2) is 5.67. The first-order valence-corrected chi connectivity index (χ1v) is 7.58. The molecule has 0 aliphatic carbocycles. The molecule has 0 spiro atoms. The van der Waals surface area contributed by atoms with Crippen molar-refractivity contribution in [1.29, 1.82) is 5.26 Å². The zero-order valence-corrected chi connectivity index (χ0v) is 11.6.